The monoisotopic (exact) mass is 427 g/mol. The number of benzene rings is 2. The van der Waals surface area contributed by atoms with Gasteiger partial charge in [0.15, 0.2) is 0 Å². The minimum absolute atomic E-state index is 0.232. The number of carbonyl (C=O) groups excluding carboxylic acids is 1. The highest BCUT2D eigenvalue weighted by Crippen LogP contribution is 2.37. The van der Waals surface area contributed by atoms with Gasteiger partial charge >= 0.3 is 0 Å². The first-order valence-electron chi connectivity index (χ1n) is 8.33. The molecule has 0 fully saturated rings. The standard InChI is InChI=1S/C18H16Cl2FN3O4/c1-8(25)16-17(24(27)28)14(10-3-2-4-11(20)15(10)21)18(26)23-13-7-9(19)5-6-12(13)22-16/h2-8,14,16-17,22,25H,1H3,(H,23,26)/t8-,14+,16+,17+/m0/s1. The summed E-state index contributed by atoms with van der Waals surface area (Å²) in [4.78, 5) is 24.2. The normalized spacial score (nSPS) is 22.9. The van der Waals surface area contributed by atoms with Crippen LogP contribution in [0, 0.1) is 15.9 Å². The molecule has 0 spiro atoms. The van der Waals surface area contributed by atoms with E-state index in [1.807, 2.05) is 0 Å². The maximum absolute atomic E-state index is 14.7. The number of hydrogen-bond donors (Lipinski definition) is 3. The number of carbonyl (C=O) groups is 1. The Morgan fingerprint density at radius 1 is 1.25 bits per heavy atom. The van der Waals surface area contributed by atoms with Gasteiger partial charge in [-0.2, -0.15) is 0 Å². The van der Waals surface area contributed by atoms with Crippen molar-refractivity contribution in [3.8, 4) is 0 Å². The Balaban J connectivity index is 2.22. The lowest BCUT2D eigenvalue weighted by Gasteiger charge is -2.33. The summed E-state index contributed by atoms with van der Waals surface area (Å²) < 4.78 is 14.7. The van der Waals surface area contributed by atoms with Crippen molar-refractivity contribution >= 4 is 40.5 Å². The summed E-state index contributed by atoms with van der Waals surface area (Å²) in [6, 6.07) is 5.61. The zero-order chi connectivity index (χ0) is 20.6. The molecule has 10 heteroatoms. The zero-order valence-electron chi connectivity index (χ0n) is 14.5. The van der Waals surface area contributed by atoms with Crippen LogP contribution in [0.1, 0.15) is 18.4 Å². The van der Waals surface area contributed by atoms with Crippen LogP contribution in [0.4, 0.5) is 15.8 Å². The lowest BCUT2D eigenvalue weighted by Crippen LogP contribution is -2.53. The molecule has 1 heterocycles. The summed E-state index contributed by atoms with van der Waals surface area (Å²) in [6.45, 7) is 1.36. The lowest BCUT2D eigenvalue weighted by atomic mass is 9.83. The number of hydrogen-bond acceptors (Lipinski definition) is 5. The van der Waals surface area contributed by atoms with E-state index in [0.717, 1.165) is 0 Å². The molecule has 28 heavy (non-hydrogen) atoms. The van der Waals surface area contributed by atoms with Gasteiger partial charge < -0.3 is 15.7 Å². The van der Waals surface area contributed by atoms with Gasteiger partial charge in [-0.15, -0.1) is 0 Å². The predicted molar refractivity (Wildman–Crippen MR) is 104 cm³/mol. The number of aliphatic hydroxyl groups is 1. The van der Waals surface area contributed by atoms with Crippen LogP contribution in [0.15, 0.2) is 36.4 Å². The quantitative estimate of drug-likeness (QED) is 0.511. The van der Waals surface area contributed by atoms with E-state index in [0.29, 0.717) is 10.7 Å². The first-order valence-corrected chi connectivity index (χ1v) is 9.08. The topological polar surface area (TPSA) is 104 Å². The molecule has 1 aliphatic rings. The van der Waals surface area contributed by atoms with Crippen molar-refractivity contribution in [1.29, 1.82) is 0 Å². The molecule has 0 saturated heterocycles. The van der Waals surface area contributed by atoms with Crippen LogP contribution in [0.5, 0.6) is 0 Å². The van der Waals surface area contributed by atoms with Crippen molar-refractivity contribution in [3.05, 3.63) is 67.9 Å². The molecule has 3 N–H and O–H groups in total. The second-order valence-electron chi connectivity index (χ2n) is 6.49. The van der Waals surface area contributed by atoms with Gasteiger partial charge in [0.05, 0.1) is 22.5 Å². The number of nitrogens with one attached hydrogen (secondary N) is 2. The highest BCUT2D eigenvalue weighted by atomic mass is 35.5. The summed E-state index contributed by atoms with van der Waals surface area (Å²) >= 11 is 11.8. The Morgan fingerprint density at radius 2 is 1.96 bits per heavy atom. The summed E-state index contributed by atoms with van der Waals surface area (Å²) in [6.07, 6.45) is -1.23. The number of fused-ring (bicyclic) bond motifs is 1. The molecular formula is C18H16Cl2FN3O4. The van der Waals surface area contributed by atoms with Crippen LogP contribution in [-0.2, 0) is 4.79 Å². The maximum Gasteiger partial charge on any atom is 0.251 e. The maximum atomic E-state index is 14.7. The molecule has 7 nitrogen and oxygen atoms in total. The molecule has 1 aliphatic heterocycles. The van der Waals surface area contributed by atoms with E-state index in [1.165, 1.54) is 43.3 Å². The van der Waals surface area contributed by atoms with Crippen molar-refractivity contribution in [1.82, 2.24) is 0 Å². The highest BCUT2D eigenvalue weighted by molar-refractivity contribution is 6.31. The van der Waals surface area contributed by atoms with Crippen molar-refractivity contribution < 1.29 is 19.2 Å². The molecular weight excluding hydrogens is 412 g/mol. The summed E-state index contributed by atoms with van der Waals surface area (Å²) in [7, 11) is 0. The predicted octanol–water partition coefficient (Wildman–Crippen LogP) is 3.68. The van der Waals surface area contributed by atoms with E-state index < -0.39 is 40.8 Å². The van der Waals surface area contributed by atoms with Crippen molar-refractivity contribution in [2.45, 2.75) is 31.0 Å². The summed E-state index contributed by atoms with van der Waals surface area (Å²) in [5, 5.41) is 27.7. The van der Waals surface area contributed by atoms with Crippen molar-refractivity contribution in [2.75, 3.05) is 10.6 Å². The fourth-order valence-electron chi connectivity index (χ4n) is 3.33. The van der Waals surface area contributed by atoms with Crippen LogP contribution in [0.25, 0.3) is 0 Å². The average molecular weight is 428 g/mol. The van der Waals surface area contributed by atoms with E-state index in [4.69, 9.17) is 23.2 Å². The summed E-state index contributed by atoms with van der Waals surface area (Å²) in [5.41, 5.74) is 0.377. The van der Waals surface area contributed by atoms with Crippen LogP contribution in [0.3, 0.4) is 0 Å². The third-order valence-corrected chi connectivity index (χ3v) is 5.16. The molecule has 0 aliphatic carbocycles. The molecule has 148 valence electrons. The second kappa shape index (κ2) is 7.90. The number of aliphatic hydroxyl groups excluding tert-OH is 1. The molecule has 2 aromatic rings. The Bertz CT molecular complexity index is 941. The Kier molecular flexibility index (Phi) is 5.74. The minimum atomic E-state index is -1.67. The average Bonchev–Trinajstić information content (AvgIpc) is 2.60. The van der Waals surface area contributed by atoms with Gasteiger partial charge in [0.2, 0.25) is 5.91 Å². The van der Waals surface area contributed by atoms with Gasteiger partial charge in [-0.1, -0.05) is 35.3 Å². The number of anilines is 2. The SMILES string of the molecule is C[C@H](O)[C@H]1Nc2ccc(Cl)cc2NC(=O)[C@H](c2cccc(Cl)c2F)[C@H]1[N+](=O)[O-]. The molecule has 0 unspecified atom stereocenters. The van der Waals surface area contributed by atoms with Crippen LogP contribution >= 0.6 is 23.2 Å². The largest absolute Gasteiger partial charge is 0.391 e. The van der Waals surface area contributed by atoms with Gasteiger partial charge in [-0.05, 0) is 31.2 Å². The van der Waals surface area contributed by atoms with Crippen molar-refractivity contribution in [2.24, 2.45) is 0 Å². The summed E-state index contributed by atoms with van der Waals surface area (Å²) in [5.74, 6) is -3.28. The first-order chi connectivity index (χ1) is 13.2. The molecule has 0 saturated carbocycles. The van der Waals surface area contributed by atoms with Crippen LogP contribution in [-0.4, -0.2) is 34.1 Å². The molecule has 2 aromatic carbocycles. The third kappa shape index (κ3) is 3.76. The Labute approximate surface area is 169 Å². The molecule has 0 radical (unpaired) electrons. The van der Waals surface area contributed by atoms with Gasteiger partial charge in [0, 0.05) is 15.5 Å². The second-order valence-corrected chi connectivity index (χ2v) is 7.33. The first kappa shape index (κ1) is 20.3. The van der Waals surface area contributed by atoms with E-state index >= 15 is 0 Å². The van der Waals surface area contributed by atoms with Gasteiger partial charge in [0.1, 0.15) is 17.8 Å². The number of halogens is 3. The number of rotatable bonds is 3. The fourth-order valence-corrected chi connectivity index (χ4v) is 3.68. The van der Waals surface area contributed by atoms with E-state index in [-0.39, 0.29) is 16.3 Å². The number of amides is 1. The molecule has 0 aromatic heterocycles. The minimum Gasteiger partial charge on any atom is -0.391 e. The smallest absolute Gasteiger partial charge is 0.251 e. The van der Waals surface area contributed by atoms with Crippen LogP contribution < -0.4 is 10.6 Å². The van der Waals surface area contributed by atoms with Crippen LogP contribution in [0.2, 0.25) is 10.0 Å². The third-order valence-electron chi connectivity index (χ3n) is 4.63. The fraction of sp³-hybridized carbons (Fsp3) is 0.278. The Hall–Kier alpha value is -2.42. The Morgan fingerprint density at radius 3 is 2.61 bits per heavy atom. The molecule has 1 amide bonds. The van der Waals surface area contributed by atoms with Gasteiger partial charge in [0.25, 0.3) is 6.04 Å². The molecule has 4 atom stereocenters. The van der Waals surface area contributed by atoms with Crippen molar-refractivity contribution in [3.63, 3.8) is 0 Å². The number of nitro groups is 1. The van der Waals surface area contributed by atoms with E-state index in [9.17, 15) is 24.4 Å². The van der Waals surface area contributed by atoms with E-state index in [1.54, 1.807) is 0 Å². The molecule has 3 rings (SSSR count). The van der Waals surface area contributed by atoms with E-state index in [2.05, 4.69) is 10.6 Å². The highest BCUT2D eigenvalue weighted by Gasteiger charge is 2.48. The number of nitrogens with zero attached hydrogens (tertiary/aromatic N) is 1. The van der Waals surface area contributed by atoms with Gasteiger partial charge in [-0.25, -0.2) is 4.39 Å². The molecule has 0 bridgehead atoms. The van der Waals surface area contributed by atoms with Gasteiger partial charge in [-0.3, -0.25) is 14.9 Å². The zero-order valence-corrected chi connectivity index (χ0v) is 16.0. The lowest BCUT2D eigenvalue weighted by molar-refractivity contribution is -0.528.